The molecule has 0 aliphatic heterocycles. The van der Waals surface area contributed by atoms with Gasteiger partial charge in [-0.3, -0.25) is 9.36 Å². The molecule has 4 rings (SSSR count). The van der Waals surface area contributed by atoms with E-state index in [-0.39, 0.29) is 5.56 Å². The van der Waals surface area contributed by atoms with Gasteiger partial charge in [0.1, 0.15) is 5.65 Å². The van der Waals surface area contributed by atoms with E-state index in [2.05, 4.69) is 10.3 Å². The summed E-state index contributed by atoms with van der Waals surface area (Å²) >= 11 is 0. The molecule has 0 aliphatic carbocycles. The highest BCUT2D eigenvalue weighted by Gasteiger charge is 2.11. The van der Waals surface area contributed by atoms with Crippen LogP contribution in [0.15, 0.2) is 89.9 Å². The van der Waals surface area contributed by atoms with E-state index in [0.29, 0.717) is 5.65 Å². The van der Waals surface area contributed by atoms with Gasteiger partial charge in [-0.15, -0.1) is 0 Å². The smallest absolute Gasteiger partial charge is 0.258 e. The number of nitrogens with zero attached hydrogens (tertiary/aromatic N) is 2. The second-order valence-electron chi connectivity index (χ2n) is 5.43. The largest absolute Gasteiger partial charge is 0.355 e. The topological polar surface area (TPSA) is 46.9 Å². The van der Waals surface area contributed by atoms with E-state index < -0.39 is 0 Å². The molecule has 24 heavy (non-hydrogen) atoms. The summed E-state index contributed by atoms with van der Waals surface area (Å²) < 4.78 is 1.63. The second kappa shape index (κ2) is 6.01. The summed E-state index contributed by atoms with van der Waals surface area (Å²) in [5, 5.41) is 4.21. The third kappa shape index (κ3) is 2.54. The minimum Gasteiger partial charge on any atom is -0.355 e. The Kier molecular flexibility index (Phi) is 3.56. The molecule has 0 radical (unpaired) electrons. The van der Waals surface area contributed by atoms with Crippen molar-refractivity contribution in [3.8, 4) is 5.69 Å². The maximum Gasteiger partial charge on any atom is 0.258 e. The first-order valence-corrected chi connectivity index (χ1v) is 7.71. The molecule has 0 aliphatic rings. The molecule has 116 valence electrons. The van der Waals surface area contributed by atoms with Gasteiger partial charge >= 0.3 is 0 Å². The van der Waals surface area contributed by atoms with E-state index in [1.165, 1.54) is 0 Å². The number of anilines is 2. The Balaban J connectivity index is 1.94. The van der Waals surface area contributed by atoms with Gasteiger partial charge in [-0.1, -0.05) is 36.4 Å². The van der Waals surface area contributed by atoms with Crippen LogP contribution < -0.4 is 10.9 Å². The third-order valence-electron chi connectivity index (χ3n) is 3.84. The Morgan fingerprint density at radius 1 is 0.833 bits per heavy atom. The van der Waals surface area contributed by atoms with Crippen LogP contribution in [0.4, 0.5) is 11.4 Å². The Hall–Kier alpha value is -3.40. The number of para-hydroxylation sites is 2. The van der Waals surface area contributed by atoms with Crippen molar-refractivity contribution in [2.45, 2.75) is 0 Å². The van der Waals surface area contributed by atoms with Gasteiger partial charge < -0.3 is 5.32 Å². The maximum atomic E-state index is 12.7. The van der Waals surface area contributed by atoms with Crippen LogP contribution in [0.25, 0.3) is 16.7 Å². The number of fused-ring (bicyclic) bond motifs is 1. The fourth-order valence-corrected chi connectivity index (χ4v) is 2.76. The van der Waals surface area contributed by atoms with Crippen LogP contribution in [0.1, 0.15) is 0 Å². The molecule has 0 fully saturated rings. The Morgan fingerprint density at radius 2 is 1.54 bits per heavy atom. The van der Waals surface area contributed by atoms with Crippen LogP contribution >= 0.6 is 0 Å². The summed E-state index contributed by atoms with van der Waals surface area (Å²) in [7, 11) is 0. The highest BCUT2D eigenvalue weighted by Crippen LogP contribution is 2.25. The molecule has 0 amide bonds. The van der Waals surface area contributed by atoms with Crippen molar-refractivity contribution in [2.75, 3.05) is 5.32 Å². The average molecular weight is 313 g/mol. The van der Waals surface area contributed by atoms with Crippen molar-refractivity contribution in [1.29, 1.82) is 0 Å². The normalized spacial score (nSPS) is 10.7. The van der Waals surface area contributed by atoms with Crippen molar-refractivity contribution < 1.29 is 0 Å². The molecule has 0 atom stereocenters. The van der Waals surface area contributed by atoms with Crippen molar-refractivity contribution >= 4 is 22.4 Å². The second-order valence-corrected chi connectivity index (χ2v) is 5.43. The molecule has 0 saturated carbocycles. The quantitative estimate of drug-likeness (QED) is 0.618. The number of rotatable bonds is 3. The first-order chi connectivity index (χ1) is 11.8. The molecule has 0 spiro atoms. The van der Waals surface area contributed by atoms with E-state index in [1.54, 1.807) is 16.8 Å². The monoisotopic (exact) mass is 313 g/mol. The fourth-order valence-electron chi connectivity index (χ4n) is 2.76. The number of hydrogen-bond acceptors (Lipinski definition) is 3. The minimum absolute atomic E-state index is 0.120. The Labute approximate surface area is 139 Å². The Bertz CT molecular complexity index is 1040. The lowest BCUT2D eigenvalue weighted by molar-refractivity contribution is 1.02. The van der Waals surface area contributed by atoms with Gasteiger partial charge in [0.2, 0.25) is 0 Å². The summed E-state index contributed by atoms with van der Waals surface area (Å²) in [6.07, 6.45) is 1.70. The fraction of sp³-hybridized carbons (Fsp3) is 0. The predicted octanol–water partition coefficient (Wildman–Crippen LogP) is 4.13. The van der Waals surface area contributed by atoms with Crippen molar-refractivity contribution in [2.24, 2.45) is 0 Å². The molecule has 0 bridgehead atoms. The van der Waals surface area contributed by atoms with Gasteiger partial charge in [0.25, 0.3) is 5.56 Å². The van der Waals surface area contributed by atoms with Gasteiger partial charge in [-0.25, -0.2) is 4.98 Å². The zero-order valence-electron chi connectivity index (χ0n) is 12.9. The van der Waals surface area contributed by atoms with Crippen molar-refractivity contribution in [1.82, 2.24) is 9.55 Å². The van der Waals surface area contributed by atoms with Crippen LogP contribution in [0.2, 0.25) is 0 Å². The standard InChI is InChI=1S/C20H15N3O/c24-19-14-18(22-15-8-3-1-4-9-15)17-12-7-13-21-20(17)23(19)16-10-5-2-6-11-16/h1-14,22H. The molecule has 2 aromatic heterocycles. The van der Waals surface area contributed by atoms with Gasteiger partial charge in [0, 0.05) is 23.3 Å². The molecular formula is C20H15N3O. The van der Waals surface area contributed by atoms with Gasteiger partial charge in [0.05, 0.1) is 11.4 Å². The lowest BCUT2D eigenvalue weighted by atomic mass is 10.2. The van der Waals surface area contributed by atoms with E-state index in [0.717, 1.165) is 22.4 Å². The Morgan fingerprint density at radius 3 is 2.29 bits per heavy atom. The molecule has 0 saturated heterocycles. The zero-order chi connectivity index (χ0) is 16.4. The summed E-state index contributed by atoms with van der Waals surface area (Å²) in [5.74, 6) is 0. The molecular weight excluding hydrogens is 298 g/mol. The van der Waals surface area contributed by atoms with Gasteiger partial charge in [-0.2, -0.15) is 0 Å². The molecule has 2 aromatic carbocycles. The number of benzene rings is 2. The highest BCUT2D eigenvalue weighted by molar-refractivity contribution is 5.91. The molecule has 4 nitrogen and oxygen atoms in total. The highest BCUT2D eigenvalue weighted by atomic mass is 16.1. The van der Waals surface area contributed by atoms with E-state index in [9.17, 15) is 4.79 Å². The lowest BCUT2D eigenvalue weighted by Crippen LogP contribution is -2.19. The van der Waals surface area contributed by atoms with Crippen LogP contribution in [-0.4, -0.2) is 9.55 Å². The summed E-state index contributed by atoms with van der Waals surface area (Å²) in [5.41, 5.74) is 3.00. The summed E-state index contributed by atoms with van der Waals surface area (Å²) in [4.78, 5) is 17.2. The van der Waals surface area contributed by atoms with E-state index in [1.807, 2.05) is 72.8 Å². The number of hydrogen-bond donors (Lipinski definition) is 1. The number of aromatic nitrogens is 2. The van der Waals surface area contributed by atoms with Gasteiger partial charge in [-0.05, 0) is 36.4 Å². The lowest BCUT2D eigenvalue weighted by Gasteiger charge is -2.14. The summed E-state index contributed by atoms with van der Waals surface area (Å²) in [6.45, 7) is 0. The SMILES string of the molecule is O=c1cc(Nc2ccccc2)c2cccnc2n1-c1ccccc1. The van der Waals surface area contributed by atoms with Crippen LogP contribution in [-0.2, 0) is 0 Å². The average Bonchev–Trinajstić information content (AvgIpc) is 2.63. The number of nitrogens with one attached hydrogen (secondary N) is 1. The van der Waals surface area contributed by atoms with Crippen molar-refractivity contribution in [3.05, 3.63) is 95.4 Å². The van der Waals surface area contributed by atoms with Crippen LogP contribution in [0, 0.1) is 0 Å². The molecule has 0 unspecified atom stereocenters. The molecule has 4 heteroatoms. The van der Waals surface area contributed by atoms with E-state index >= 15 is 0 Å². The minimum atomic E-state index is -0.120. The van der Waals surface area contributed by atoms with Gasteiger partial charge in [0.15, 0.2) is 0 Å². The zero-order valence-corrected chi connectivity index (χ0v) is 12.9. The van der Waals surface area contributed by atoms with Crippen LogP contribution in [0.5, 0.6) is 0 Å². The first kappa shape index (κ1) is 14.2. The first-order valence-electron chi connectivity index (χ1n) is 7.71. The number of pyridine rings is 2. The van der Waals surface area contributed by atoms with Crippen molar-refractivity contribution in [3.63, 3.8) is 0 Å². The molecule has 1 N–H and O–H groups in total. The summed E-state index contributed by atoms with van der Waals surface area (Å²) in [6, 6.07) is 24.8. The molecule has 4 aromatic rings. The van der Waals surface area contributed by atoms with Crippen LogP contribution in [0.3, 0.4) is 0 Å². The third-order valence-corrected chi connectivity index (χ3v) is 3.84. The van der Waals surface area contributed by atoms with E-state index in [4.69, 9.17) is 0 Å². The predicted molar refractivity (Wildman–Crippen MR) is 97.1 cm³/mol. The maximum absolute atomic E-state index is 12.7. The molecule has 2 heterocycles.